The van der Waals surface area contributed by atoms with Crippen LogP contribution in [0.1, 0.15) is 50.8 Å². The number of nitrogens with zero attached hydrogens (tertiary/aromatic N) is 2. The molecule has 0 amide bonds. The minimum atomic E-state index is -0.348. The van der Waals surface area contributed by atoms with E-state index in [1.54, 1.807) is 0 Å². The van der Waals surface area contributed by atoms with Gasteiger partial charge >= 0.3 is 0 Å². The minimum absolute atomic E-state index is 0.348. The molecule has 114 valence electrons. The number of hydrogen-bond donors (Lipinski definition) is 1. The summed E-state index contributed by atoms with van der Waals surface area (Å²) in [6.45, 7) is 7.81. The molecule has 1 aliphatic rings. The summed E-state index contributed by atoms with van der Waals surface area (Å²) in [5.41, 5.74) is 2.31. The molecule has 0 spiro atoms. The van der Waals surface area contributed by atoms with E-state index in [9.17, 15) is 5.11 Å². The van der Waals surface area contributed by atoms with Crippen LogP contribution >= 0.6 is 0 Å². The molecule has 2 heterocycles. The number of hydrogen-bond acceptors (Lipinski definition) is 2. The second-order valence-corrected chi connectivity index (χ2v) is 6.13. The van der Waals surface area contributed by atoms with Crippen molar-refractivity contribution in [1.29, 1.82) is 0 Å². The molecule has 1 saturated heterocycles. The van der Waals surface area contributed by atoms with Crippen LogP contribution in [-0.2, 0) is 0 Å². The zero-order valence-corrected chi connectivity index (χ0v) is 13.1. The summed E-state index contributed by atoms with van der Waals surface area (Å²) in [5.74, 6) is 0. The van der Waals surface area contributed by atoms with Gasteiger partial charge in [0.1, 0.15) is 0 Å². The number of aliphatic hydroxyl groups excluding tert-OH is 1. The van der Waals surface area contributed by atoms with Crippen LogP contribution in [0.25, 0.3) is 10.9 Å². The Morgan fingerprint density at radius 2 is 1.95 bits per heavy atom. The Balaban J connectivity index is 1.88. The lowest BCUT2D eigenvalue weighted by molar-refractivity contribution is 0.173. The van der Waals surface area contributed by atoms with E-state index in [1.807, 2.05) is 6.92 Å². The van der Waals surface area contributed by atoms with Gasteiger partial charge in [0.05, 0.1) is 6.10 Å². The van der Waals surface area contributed by atoms with Crippen molar-refractivity contribution in [2.75, 3.05) is 19.6 Å². The van der Waals surface area contributed by atoms with Crippen LogP contribution < -0.4 is 0 Å². The second-order valence-electron chi connectivity index (χ2n) is 6.13. The van der Waals surface area contributed by atoms with Crippen LogP contribution in [-0.4, -0.2) is 34.2 Å². The molecule has 21 heavy (non-hydrogen) atoms. The predicted molar refractivity (Wildman–Crippen MR) is 87.6 cm³/mol. The van der Waals surface area contributed by atoms with E-state index >= 15 is 0 Å². The molecule has 1 N–H and O–H groups in total. The number of piperidine rings is 1. The van der Waals surface area contributed by atoms with Gasteiger partial charge in [-0.2, -0.15) is 0 Å². The highest BCUT2D eigenvalue weighted by Gasteiger charge is 2.20. The fourth-order valence-corrected chi connectivity index (χ4v) is 3.44. The van der Waals surface area contributed by atoms with Crippen molar-refractivity contribution in [2.24, 2.45) is 0 Å². The molecule has 0 bridgehead atoms. The van der Waals surface area contributed by atoms with Gasteiger partial charge in [-0.15, -0.1) is 0 Å². The second kappa shape index (κ2) is 6.20. The summed E-state index contributed by atoms with van der Waals surface area (Å²) in [6, 6.07) is 9.17. The molecule has 1 aliphatic heterocycles. The molecule has 0 radical (unpaired) electrons. The van der Waals surface area contributed by atoms with E-state index in [1.165, 1.54) is 36.8 Å². The topological polar surface area (TPSA) is 28.4 Å². The lowest BCUT2D eigenvalue weighted by atomic mass is 10.0. The fraction of sp³-hybridized carbons (Fsp3) is 0.556. The van der Waals surface area contributed by atoms with Crippen molar-refractivity contribution in [3.63, 3.8) is 0 Å². The molecular weight excluding hydrogens is 260 g/mol. The molecule has 1 aromatic carbocycles. The van der Waals surface area contributed by atoms with E-state index in [2.05, 4.69) is 46.9 Å². The highest BCUT2D eigenvalue weighted by atomic mass is 16.3. The summed E-state index contributed by atoms with van der Waals surface area (Å²) in [5, 5.41) is 11.4. The first-order valence-corrected chi connectivity index (χ1v) is 8.23. The molecule has 1 fully saturated rings. The van der Waals surface area contributed by atoms with Crippen molar-refractivity contribution in [3.8, 4) is 0 Å². The van der Waals surface area contributed by atoms with Gasteiger partial charge in [-0.05, 0) is 48.9 Å². The maximum atomic E-state index is 10.1. The normalized spacial score (nSPS) is 19.2. The lowest BCUT2D eigenvalue weighted by Crippen LogP contribution is -2.34. The van der Waals surface area contributed by atoms with E-state index in [-0.39, 0.29) is 6.10 Å². The maximum absolute atomic E-state index is 10.1. The standard InChI is InChI=1S/C18H26N2O/c1-3-18(21)15-6-5-14-7-12-20(17(14)13-15)16-8-10-19(4-2)11-9-16/h5-7,12-13,16,18,21H,3-4,8-11H2,1-2H3. The van der Waals surface area contributed by atoms with Gasteiger partial charge in [-0.3, -0.25) is 0 Å². The van der Waals surface area contributed by atoms with Crippen LogP contribution in [0.3, 0.4) is 0 Å². The number of aliphatic hydroxyl groups is 1. The molecule has 1 aromatic heterocycles. The lowest BCUT2D eigenvalue weighted by Gasteiger charge is -2.32. The summed E-state index contributed by atoms with van der Waals surface area (Å²) in [7, 11) is 0. The summed E-state index contributed by atoms with van der Waals surface area (Å²) >= 11 is 0. The first-order valence-electron chi connectivity index (χ1n) is 8.23. The van der Waals surface area contributed by atoms with Gasteiger partial charge in [-0.25, -0.2) is 0 Å². The average Bonchev–Trinajstić information content (AvgIpc) is 2.97. The summed E-state index contributed by atoms with van der Waals surface area (Å²) in [6.07, 6.45) is 5.08. The Kier molecular flexibility index (Phi) is 4.32. The van der Waals surface area contributed by atoms with Crippen molar-refractivity contribution >= 4 is 10.9 Å². The SMILES string of the molecule is CCC(O)c1ccc2ccn(C3CCN(CC)CC3)c2c1. The molecular formula is C18H26N2O. The Bertz CT molecular complexity index is 596. The van der Waals surface area contributed by atoms with E-state index in [0.717, 1.165) is 18.5 Å². The fourth-order valence-electron chi connectivity index (χ4n) is 3.44. The Morgan fingerprint density at radius 3 is 2.62 bits per heavy atom. The minimum Gasteiger partial charge on any atom is -0.388 e. The van der Waals surface area contributed by atoms with Gasteiger partial charge in [0.15, 0.2) is 0 Å². The predicted octanol–water partition coefficient (Wildman–Crippen LogP) is 3.74. The first kappa shape index (κ1) is 14.6. The summed E-state index contributed by atoms with van der Waals surface area (Å²) in [4.78, 5) is 2.52. The third-order valence-corrected chi connectivity index (χ3v) is 4.92. The van der Waals surface area contributed by atoms with Gasteiger partial charge < -0.3 is 14.6 Å². The maximum Gasteiger partial charge on any atom is 0.0788 e. The van der Waals surface area contributed by atoms with Crippen LogP contribution in [0, 0.1) is 0 Å². The molecule has 3 nitrogen and oxygen atoms in total. The van der Waals surface area contributed by atoms with Crippen molar-refractivity contribution in [1.82, 2.24) is 9.47 Å². The van der Waals surface area contributed by atoms with Crippen molar-refractivity contribution < 1.29 is 5.11 Å². The van der Waals surface area contributed by atoms with E-state index in [0.29, 0.717) is 6.04 Å². The molecule has 0 aliphatic carbocycles. The highest BCUT2D eigenvalue weighted by molar-refractivity contribution is 5.81. The van der Waals surface area contributed by atoms with Crippen LogP contribution in [0.4, 0.5) is 0 Å². The molecule has 3 rings (SSSR count). The zero-order valence-electron chi connectivity index (χ0n) is 13.1. The quantitative estimate of drug-likeness (QED) is 0.927. The Labute approximate surface area is 127 Å². The highest BCUT2D eigenvalue weighted by Crippen LogP contribution is 2.29. The van der Waals surface area contributed by atoms with Gasteiger partial charge in [0.25, 0.3) is 0 Å². The van der Waals surface area contributed by atoms with E-state index in [4.69, 9.17) is 0 Å². The Hall–Kier alpha value is -1.32. The summed E-state index contributed by atoms with van der Waals surface area (Å²) < 4.78 is 2.42. The van der Waals surface area contributed by atoms with Crippen molar-refractivity contribution in [2.45, 2.75) is 45.3 Å². The number of aromatic nitrogens is 1. The van der Waals surface area contributed by atoms with Gasteiger partial charge in [-0.1, -0.05) is 26.0 Å². The smallest absolute Gasteiger partial charge is 0.0788 e. The third kappa shape index (κ3) is 2.85. The number of fused-ring (bicyclic) bond motifs is 1. The zero-order chi connectivity index (χ0) is 14.8. The third-order valence-electron chi connectivity index (χ3n) is 4.92. The van der Waals surface area contributed by atoms with Crippen molar-refractivity contribution in [3.05, 3.63) is 36.0 Å². The number of rotatable bonds is 4. The first-order chi connectivity index (χ1) is 10.2. The molecule has 0 saturated carbocycles. The largest absolute Gasteiger partial charge is 0.388 e. The van der Waals surface area contributed by atoms with Gasteiger partial charge in [0, 0.05) is 30.8 Å². The molecule has 1 atom stereocenters. The van der Waals surface area contributed by atoms with Gasteiger partial charge in [0.2, 0.25) is 0 Å². The average molecular weight is 286 g/mol. The molecule has 3 heteroatoms. The monoisotopic (exact) mass is 286 g/mol. The number of likely N-dealkylation sites (tertiary alicyclic amines) is 1. The Morgan fingerprint density at radius 1 is 1.19 bits per heavy atom. The number of benzene rings is 1. The van der Waals surface area contributed by atoms with Crippen LogP contribution in [0.15, 0.2) is 30.5 Å². The molecule has 1 unspecified atom stereocenters. The van der Waals surface area contributed by atoms with E-state index < -0.39 is 0 Å². The van der Waals surface area contributed by atoms with Crippen LogP contribution in [0.2, 0.25) is 0 Å². The van der Waals surface area contributed by atoms with Crippen LogP contribution in [0.5, 0.6) is 0 Å². The molecule has 2 aromatic rings.